The zero-order chi connectivity index (χ0) is 29.6. The number of carbonyl (C=O) groups excluding carboxylic acids is 3. The maximum Gasteiger partial charge on any atom is 0.418 e. The Labute approximate surface area is 236 Å². The number of rotatable bonds is 11. The number of benzene rings is 1. The Kier molecular flexibility index (Phi) is 10.9. The molecule has 0 bridgehead atoms. The van der Waals surface area contributed by atoms with Crippen LogP contribution in [0.2, 0.25) is 4.34 Å². The summed E-state index contributed by atoms with van der Waals surface area (Å²) in [7, 11) is 0. The lowest BCUT2D eigenvalue weighted by Crippen LogP contribution is -2.53. The van der Waals surface area contributed by atoms with Gasteiger partial charge in [0.2, 0.25) is 5.91 Å². The molecule has 3 rings (SSSR count). The van der Waals surface area contributed by atoms with Crippen LogP contribution in [-0.2, 0) is 20.5 Å². The van der Waals surface area contributed by atoms with Gasteiger partial charge < -0.3 is 20.3 Å². The highest BCUT2D eigenvalue weighted by Crippen LogP contribution is 2.39. The molecule has 1 aliphatic heterocycles. The quantitative estimate of drug-likeness (QED) is 0.359. The molecule has 1 fully saturated rings. The molecule has 1 aliphatic rings. The second-order valence-corrected chi connectivity index (χ2v) is 11.1. The third-order valence-corrected chi connectivity index (χ3v) is 7.04. The summed E-state index contributed by atoms with van der Waals surface area (Å²) in [6.07, 6.45) is -7.69. The van der Waals surface area contributed by atoms with Gasteiger partial charge in [0.15, 0.2) is 0 Å². The highest BCUT2D eigenvalue weighted by molar-refractivity contribution is 7.18. The van der Waals surface area contributed by atoms with Crippen LogP contribution < -0.4 is 15.5 Å². The number of alkyl halides is 5. The van der Waals surface area contributed by atoms with Crippen LogP contribution in [0.4, 0.5) is 33.3 Å². The van der Waals surface area contributed by atoms with Crippen molar-refractivity contribution in [2.24, 2.45) is 5.92 Å². The Morgan fingerprint density at radius 2 is 1.90 bits per heavy atom. The Balaban J connectivity index is 1.89. The van der Waals surface area contributed by atoms with Crippen LogP contribution in [0.1, 0.15) is 29.1 Å². The van der Waals surface area contributed by atoms with E-state index >= 15 is 0 Å². The molecule has 2 heterocycles. The number of anilines is 2. The van der Waals surface area contributed by atoms with E-state index in [1.165, 1.54) is 23.1 Å². The molecule has 3 amide bonds. The third kappa shape index (κ3) is 8.59. The van der Waals surface area contributed by atoms with E-state index in [4.69, 9.17) is 16.3 Å². The van der Waals surface area contributed by atoms with Gasteiger partial charge in [-0.1, -0.05) is 25.4 Å². The summed E-state index contributed by atoms with van der Waals surface area (Å²) >= 11 is 6.84. The van der Waals surface area contributed by atoms with Gasteiger partial charge in [0.25, 0.3) is 18.2 Å². The monoisotopic (exact) mass is 610 g/mol. The minimum Gasteiger partial charge on any atom is -0.370 e. The summed E-state index contributed by atoms with van der Waals surface area (Å²) in [5, 5.41) is 4.90. The van der Waals surface area contributed by atoms with Gasteiger partial charge in [-0.05, 0) is 36.2 Å². The molecule has 1 saturated heterocycles. The maximum absolute atomic E-state index is 14.0. The summed E-state index contributed by atoms with van der Waals surface area (Å²) in [5.74, 6) is -2.28. The van der Waals surface area contributed by atoms with Crippen LogP contribution in [-0.4, -0.2) is 74.5 Å². The van der Waals surface area contributed by atoms with Crippen molar-refractivity contribution >= 4 is 52.0 Å². The van der Waals surface area contributed by atoms with Crippen molar-refractivity contribution in [3.8, 4) is 0 Å². The molecular formula is C25H28ClF5N4O4S. The summed E-state index contributed by atoms with van der Waals surface area (Å²) in [4.78, 5) is 40.4. The van der Waals surface area contributed by atoms with Crippen LogP contribution in [0.3, 0.4) is 0 Å². The van der Waals surface area contributed by atoms with Gasteiger partial charge in [-0.25, -0.2) is 8.78 Å². The first-order chi connectivity index (χ1) is 18.8. The highest BCUT2D eigenvalue weighted by atomic mass is 35.5. The molecule has 0 aliphatic carbocycles. The van der Waals surface area contributed by atoms with Crippen LogP contribution in [0.25, 0.3) is 0 Å². The number of ether oxygens (including phenoxy) is 1. The number of thiophene rings is 1. The Bertz CT molecular complexity index is 1200. The van der Waals surface area contributed by atoms with Crippen molar-refractivity contribution in [3.05, 3.63) is 45.1 Å². The number of amides is 3. The molecule has 8 nitrogen and oxygen atoms in total. The number of halogens is 6. The number of nitrogens with one attached hydrogen (secondary N) is 2. The Morgan fingerprint density at radius 1 is 1.18 bits per heavy atom. The molecule has 220 valence electrons. The first kappa shape index (κ1) is 31.7. The highest BCUT2D eigenvalue weighted by Gasteiger charge is 2.37. The summed E-state index contributed by atoms with van der Waals surface area (Å²) in [6, 6.07) is 4.55. The Hall–Kier alpha value is -2.81. The number of morpholine rings is 1. The molecule has 0 radical (unpaired) electrons. The molecule has 0 unspecified atom stereocenters. The fraction of sp³-hybridized carbons (Fsp3) is 0.480. The van der Waals surface area contributed by atoms with E-state index in [0.29, 0.717) is 10.4 Å². The standard InChI is InChI=1S/C25H28ClF5N4O4S/c1-14(2)11-34(12-21(27)28)18(10-32-24(38)19-5-6-20(26)40-19)23(37)33-15-3-4-17(16(9-15)25(29,30)31)35-7-8-39-13-22(35)36/h3-6,9,14,18,21H,7-8,10-13H2,1-2H3,(H,32,38)(H,33,37)/t18-/m0/s1. The average Bonchev–Trinajstić information content (AvgIpc) is 3.29. The first-order valence-corrected chi connectivity index (χ1v) is 13.4. The lowest BCUT2D eigenvalue weighted by molar-refractivity contribution is -0.137. The van der Waals surface area contributed by atoms with Crippen molar-refractivity contribution in [2.75, 3.05) is 49.6 Å². The van der Waals surface area contributed by atoms with E-state index in [9.17, 15) is 36.3 Å². The molecule has 15 heteroatoms. The van der Waals surface area contributed by atoms with E-state index in [2.05, 4.69) is 10.6 Å². The summed E-state index contributed by atoms with van der Waals surface area (Å²) < 4.78 is 74.1. The van der Waals surface area contributed by atoms with Gasteiger partial charge in [0, 0.05) is 25.3 Å². The predicted octanol–water partition coefficient (Wildman–Crippen LogP) is 4.74. The van der Waals surface area contributed by atoms with Gasteiger partial charge >= 0.3 is 6.18 Å². The lowest BCUT2D eigenvalue weighted by atomic mass is 10.1. The summed E-state index contributed by atoms with van der Waals surface area (Å²) in [6.45, 7) is 1.97. The molecule has 1 aromatic heterocycles. The van der Waals surface area contributed by atoms with Crippen molar-refractivity contribution in [1.29, 1.82) is 0 Å². The molecule has 2 aromatic rings. The minimum absolute atomic E-state index is 0.0506. The van der Waals surface area contributed by atoms with Gasteiger partial charge in [0.05, 0.1) is 33.6 Å². The second-order valence-electron chi connectivity index (χ2n) is 9.39. The number of carbonyl (C=O) groups is 3. The van der Waals surface area contributed by atoms with Crippen molar-refractivity contribution < 1.29 is 41.1 Å². The van der Waals surface area contributed by atoms with E-state index in [0.717, 1.165) is 22.3 Å². The van der Waals surface area contributed by atoms with Gasteiger partial charge in [-0.2, -0.15) is 13.2 Å². The van der Waals surface area contributed by atoms with Gasteiger partial charge in [0.1, 0.15) is 12.6 Å². The molecule has 0 spiro atoms. The first-order valence-electron chi connectivity index (χ1n) is 12.2. The second kappa shape index (κ2) is 13.7. The van der Waals surface area contributed by atoms with E-state index in [1.807, 2.05) is 0 Å². The van der Waals surface area contributed by atoms with Crippen LogP contribution >= 0.6 is 22.9 Å². The SMILES string of the molecule is CC(C)CN(CC(F)F)[C@@H](CNC(=O)c1ccc(Cl)s1)C(=O)Nc1ccc(N2CCOCC2=O)c(C(F)(F)F)c1. The zero-order valence-corrected chi connectivity index (χ0v) is 23.1. The molecule has 2 N–H and O–H groups in total. The number of hydrogen-bond acceptors (Lipinski definition) is 6. The predicted molar refractivity (Wildman–Crippen MR) is 141 cm³/mol. The molecule has 1 atom stereocenters. The fourth-order valence-electron chi connectivity index (χ4n) is 4.15. The van der Waals surface area contributed by atoms with Gasteiger partial charge in [-0.3, -0.25) is 19.3 Å². The van der Waals surface area contributed by atoms with E-state index in [1.54, 1.807) is 13.8 Å². The fourth-order valence-corrected chi connectivity index (χ4v) is 5.11. The number of hydrogen-bond donors (Lipinski definition) is 2. The van der Waals surface area contributed by atoms with E-state index in [-0.39, 0.29) is 42.8 Å². The van der Waals surface area contributed by atoms with Crippen LogP contribution in [0, 0.1) is 5.92 Å². The lowest BCUT2D eigenvalue weighted by Gasteiger charge is -2.32. The number of nitrogens with zero attached hydrogens (tertiary/aromatic N) is 2. The van der Waals surface area contributed by atoms with Crippen LogP contribution in [0.15, 0.2) is 30.3 Å². The summed E-state index contributed by atoms with van der Waals surface area (Å²) in [5.41, 5.74) is -1.81. The molecular weight excluding hydrogens is 583 g/mol. The normalized spacial score (nSPS) is 15.2. The van der Waals surface area contributed by atoms with Crippen molar-refractivity contribution in [2.45, 2.75) is 32.5 Å². The Morgan fingerprint density at radius 3 is 2.48 bits per heavy atom. The smallest absolute Gasteiger partial charge is 0.370 e. The maximum atomic E-state index is 14.0. The van der Waals surface area contributed by atoms with Crippen molar-refractivity contribution in [3.63, 3.8) is 0 Å². The zero-order valence-electron chi connectivity index (χ0n) is 21.6. The minimum atomic E-state index is -4.87. The average molecular weight is 611 g/mol. The topological polar surface area (TPSA) is 91.0 Å². The van der Waals surface area contributed by atoms with Crippen LogP contribution in [0.5, 0.6) is 0 Å². The molecule has 40 heavy (non-hydrogen) atoms. The van der Waals surface area contributed by atoms with Gasteiger partial charge in [-0.15, -0.1) is 11.3 Å². The largest absolute Gasteiger partial charge is 0.418 e. The van der Waals surface area contributed by atoms with E-state index < -0.39 is 60.7 Å². The third-order valence-electron chi connectivity index (χ3n) is 5.81. The molecule has 0 saturated carbocycles. The van der Waals surface area contributed by atoms with Crippen molar-refractivity contribution in [1.82, 2.24) is 10.2 Å². The molecule has 1 aromatic carbocycles.